The second-order valence-corrected chi connectivity index (χ2v) is 10.7. The first-order chi connectivity index (χ1) is 22.4. The van der Waals surface area contributed by atoms with Crippen molar-refractivity contribution in [1.82, 2.24) is 5.32 Å². The van der Waals surface area contributed by atoms with Crippen LogP contribution in [0.25, 0.3) is 0 Å². The molecule has 0 saturated carbocycles. The number of rotatable bonds is 11. The molecule has 1 N–H and O–H groups in total. The highest BCUT2D eigenvalue weighted by Crippen LogP contribution is 2.35. The lowest BCUT2D eigenvalue weighted by Gasteiger charge is -2.44. The van der Waals surface area contributed by atoms with E-state index in [1.165, 1.54) is 32.2 Å². The summed E-state index contributed by atoms with van der Waals surface area (Å²) >= 11 is 0. The number of carbonyl (C=O) groups excluding carboxylic acids is 5. The monoisotopic (exact) mass is 659 g/mol. The Bertz CT molecular complexity index is 1480. The Balaban J connectivity index is 1.56. The highest BCUT2D eigenvalue weighted by molar-refractivity contribution is 5.95. The first-order valence-electron chi connectivity index (χ1n) is 14.7. The number of amides is 1. The Morgan fingerprint density at radius 2 is 1.47 bits per heavy atom. The molecular weight excluding hydrogens is 622 g/mol. The van der Waals surface area contributed by atoms with Crippen molar-refractivity contribution in [3.63, 3.8) is 0 Å². The third-order valence-electron chi connectivity index (χ3n) is 7.06. The summed E-state index contributed by atoms with van der Waals surface area (Å²) in [5, 5.41) is 2.90. The van der Waals surface area contributed by atoms with E-state index >= 15 is 0 Å². The zero-order valence-corrected chi connectivity index (χ0v) is 26.7. The highest BCUT2D eigenvalue weighted by Gasteiger charge is 2.53. The van der Waals surface area contributed by atoms with E-state index in [-0.39, 0.29) is 23.7 Å². The van der Waals surface area contributed by atoms with Gasteiger partial charge in [-0.1, -0.05) is 12.1 Å². The fourth-order valence-electron chi connectivity index (χ4n) is 4.98. The highest BCUT2D eigenvalue weighted by atomic mass is 16.7. The molecule has 0 aromatic heterocycles. The smallest absolute Gasteiger partial charge is 0.303 e. The number of esters is 4. The van der Waals surface area contributed by atoms with Crippen LogP contribution in [0.2, 0.25) is 0 Å². The number of hydrogen-bond donors (Lipinski definition) is 1. The maximum absolute atomic E-state index is 13.2. The SMILES string of the molecule is COc1cc(C(=O)N[C@H](C)[C@H]2COc3ccccc3O2)ccc1O[C@H]1O[C@@H](COC(C)=O)[C@H](OC(C)=O)[C@@H](OC(C)=O)[C@@H]1OC(C)=O. The van der Waals surface area contributed by atoms with Crippen molar-refractivity contribution in [2.24, 2.45) is 0 Å². The second-order valence-electron chi connectivity index (χ2n) is 10.7. The van der Waals surface area contributed by atoms with Crippen molar-refractivity contribution < 1.29 is 66.6 Å². The van der Waals surface area contributed by atoms with Crippen molar-refractivity contribution in [2.75, 3.05) is 20.3 Å². The predicted molar refractivity (Wildman–Crippen MR) is 159 cm³/mol. The molecular formula is C32H37NO14. The van der Waals surface area contributed by atoms with Crippen LogP contribution in [0, 0.1) is 0 Å². The van der Waals surface area contributed by atoms with Crippen LogP contribution in [0.1, 0.15) is 45.0 Å². The lowest BCUT2D eigenvalue weighted by Crippen LogP contribution is -2.63. The molecule has 0 radical (unpaired) electrons. The first kappa shape index (κ1) is 34.8. The molecule has 254 valence electrons. The molecule has 2 aliphatic heterocycles. The molecule has 0 bridgehead atoms. The molecule has 0 aliphatic carbocycles. The third kappa shape index (κ3) is 9.03. The fraction of sp³-hybridized carbons (Fsp3) is 0.469. The average Bonchev–Trinajstić information content (AvgIpc) is 3.02. The molecule has 15 heteroatoms. The van der Waals surface area contributed by atoms with Crippen LogP contribution in [0.15, 0.2) is 42.5 Å². The molecule has 1 saturated heterocycles. The molecule has 1 amide bonds. The van der Waals surface area contributed by atoms with E-state index in [0.717, 1.165) is 20.8 Å². The van der Waals surface area contributed by atoms with Crippen molar-refractivity contribution in [3.8, 4) is 23.0 Å². The largest absolute Gasteiger partial charge is 0.493 e. The van der Waals surface area contributed by atoms with Gasteiger partial charge in [-0.25, -0.2) is 0 Å². The van der Waals surface area contributed by atoms with Gasteiger partial charge in [-0.15, -0.1) is 0 Å². The zero-order valence-electron chi connectivity index (χ0n) is 26.7. The van der Waals surface area contributed by atoms with Gasteiger partial charge in [0.15, 0.2) is 41.3 Å². The van der Waals surface area contributed by atoms with Crippen LogP contribution < -0.4 is 24.3 Å². The van der Waals surface area contributed by atoms with E-state index in [1.54, 1.807) is 19.1 Å². The minimum atomic E-state index is -1.49. The van der Waals surface area contributed by atoms with Crippen LogP contribution in [0.5, 0.6) is 23.0 Å². The summed E-state index contributed by atoms with van der Waals surface area (Å²) in [6.07, 6.45) is -7.36. The number of methoxy groups -OCH3 is 1. The van der Waals surface area contributed by atoms with Gasteiger partial charge in [-0.3, -0.25) is 24.0 Å². The summed E-state index contributed by atoms with van der Waals surface area (Å²) < 4.78 is 50.7. The van der Waals surface area contributed by atoms with Crippen molar-refractivity contribution >= 4 is 29.8 Å². The Morgan fingerprint density at radius 3 is 2.11 bits per heavy atom. The van der Waals surface area contributed by atoms with Crippen LogP contribution in [-0.2, 0) is 42.9 Å². The summed E-state index contributed by atoms with van der Waals surface area (Å²) in [4.78, 5) is 61.0. The van der Waals surface area contributed by atoms with Gasteiger partial charge in [-0.2, -0.15) is 0 Å². The van der Waals surface area contributed by atoms with E-state index in [1.807, 2.05) is 12.1 Å². The Labute approximate surface area is 270 Å². The molecule has 47 heavy (non-hydrogen) atoms. The average molecular weight is 660 g/mol. The minimum Gasteiger partial charge on any atom is -0.493 e. The van der Waals surface area contributed by atoms with Gasteiger partial charge in [0.25, 0.3) is 5.91 Å². The number of para-hydroxylation sites is 2. The molecule has 4 rings (SSSR count). The lowest BCUT2D eigenvalue weighted by molar-refractivity contribution is -0.288. The summed E-state index contributed by atoms with van der Waals surface area (Å²) in [7, 11) is 1.35. The number of hydrogen-bond acceptors (Lipinski definition) is 14. The summed E-state index contributed by atoms with van der Waals surface area (Å²) in [5.41, 5.74) is 0.222. The van der Waals surface area contributed by atoms with E-state index in [2.05, 4.69) is 5.32 Å². The number of carbonyl (C=O) groups is 5. The van der Waals surface area contributed by atoms with Crippen LogP contribution in [-0.4, -0.2) is 93.0 Å². The van der Waals surface area contributed by atoms with Gasteiger partial charge >= 0.3 is 23.9 Å². The van der Waals surface area contributed by atoms with Crippen LogP contribution >= 0.6 is 0 Å². The molecule has 1 fully saturated rings. The molecule has 2 aromatic rings. The van der Waals surface area contributed by atoms with Gasteiger partial charge in [0.05, 0.1) is 13.2 Å². The number of nitrogens with one attached hydrogen (secondary N) is 1. The van der Waals surface area contributed by atoms with Gasteiger partial charge in [0, 0.05) is 33.3 Å². The van der Waals surface area contributed by atoms with Gasteiger partial charge in [0.2, 0.25) is 12.4 Å². The topological polar surface area (TPSA) is 180 Å². The molecule has 7 atom stereocenters. The number of fused-ring (bicyclic) bond motifs is 1. The number of benzene rings is 2. The third-order valence-corrected chi connectivity index (χ3v) is 7.06. The maximum Gasteiger partial charge on any atom is 0.303 e. The van der Waals surface area contributed by atoms with E-state index in [4.69, 9.17) is 42.6 Å². The molecule has 2 aliphatic rings. The molecule has 0 spiro atoms. The van der Waals surface area contributed by atoms with Crippen LogP contribution in [0.4, 0.5) is 0 Å². The zero-order chi connectivity index (χ0) is 34.2. The van der Waals surface area contributed by atoms with Crippen molar-refractivity contribution in [1.29, 1.82) is 0 Å². The lowest BCUT2D eigenvalue weighted by atomic mass is 9.98. The summed E-state index contributed by atoms with van der Waals surface area (Å²) in [5.74, 6) is -2.06. The Hall–Kier alpha value is -5.05. The van der Waals surface area contributed by atoms with E-state index in [9.17, 15) is 24.0 Å². The Kier molecular flexibility index (Phi) is 11.5. The van der Waals surface area contributed by atoms with Gasteiger partial charge < -0.3 is 47.9 Å². The number of ether oxygens (including phenoxy) is 9. The van der Waals surface area contributed by atoms with E-state index in [0.29, 0.717) is 11.5 Å². The fourth-order valence-corrected chi connectivity index (χ4v) is 4.98. The predicted octanol–water partition coefficient (Wildman–Crippen LogP) is 2.12. The Morgan fingerprint density at radius 1 is 0.830 bits per heavy atom. The molecule has 0 unspecified atom stereocenters. The summed E-state index contributed by atoms with van der Waals surface area (Å²) in [6, 6.07) is 11.1. The second kappa shape index (κ2) is 15.5. The summed E-state index contributed by atoms with van der Waals surface area (Å²) in [6.45, 7) is 6.13. The maximum atomic E-state index is 13.2. The van der Waals surface area contributed by atoms with Gasteiger partial charge in [0.1, 0.15) is 19.3 Å². The van der Waals surface area contributed by atoms with E-state index < -0.39 is 79.2 Å². The quantitative estimate of drug-likeness (QED) is 0.274. The molecule has 15 nitrogen and oxygen atoms in total. The van der Waals surface area contributed by atoms with Gasteiger partial charge in [-0.05, 0) is 37.3 Å². The minimum absolute atomic E-state index is 0.0543. The van der Waals surface area contributed by atoms with Crippen molar-refractivity contribution in [3.05, 3.63) is 48.0 Å². The molecule has 2 aromatic carbocycles. The first-order valence-corrected chi connectivity index (χ1v) is 14.7. The standard InChI is InChI=1S/C32H37NO14/c1-16(26-14-41-22-9-7-8-10-23(22)45-26)33-31(38)21-11-12-24(25(13-21)39-6)46-32-30(44-20(5)37)29(43-19(4)36)28(42-18(3)35)27(47-32)15-40-17(2)34/h7-13,16,26-30,32H,14-15H2,1-6H3,(H,33,38)/t16-,26-,27+,28+,29-,30+,32+/m1/s1. The van der Waals surface area contributed by atoms with Crippen molar-refractivity contribution in [2.45, 2.75) is 77.5 Å². The normalized spacial score (nSPS) is 23.7. The molecule has 2 heterocycles. The van der Waals surface area contributed by atoms with Crippen LogP contribution in [0.3, 0.4) is 0 Å².